The maximum absolute atomic E-state index is 12.0. The van der Waals surface area contributed by atoms with E-state index in [1.807, 2.05) is 18.2 Å². The summed E-state index contributed by atoms with van der Waals surface area (Å²) in [7, 11) is 0. The molecule has 0 unspecified atom stereocenters. The van der Waals surface area contributed by atoms with Crippen molar-refractivity contribution in [2.24, 2.45) is 0 Å². The van der Waals surface area contributed by atoms with Crippen LogP contribution in [0.2, 0.25) is 0 Å². The van der Waals surface area contributed by atoms with E-state index in [9.17, 15) is 4.79 Å². The van der Waals surface area contributed by atoms with Crippen molar-refractivity contribution in [2.75, 3.05) is 0 Å². The first kappa shape index (κ1) is 15.4. The van der Waals surface area contributed by atoms with Gasteiger partial charge in [0.15, 0.2) is 16.8 Å². The van der Waals surface area contributed by atoms with E-state index >= 15 is 0 Å². The van der Waals surface area contributed by atoms with Gasteiger partial charge in [0, 0.05) is 22.4 Å². The van der Waals surface area contributed by atoms with Crippen LogP contribution in [0.4, 0.5) is 0 Å². The SMILES string of the molecule is Cc1cc2nc3c(oc-2cc1=O)c1c(c2ccccc23)OC(C)(C)CC1. The lowest BCUT2D eigenvalue weighted by molar-refractivity contribution is 0.0870. The van der Waals surface area contributed by atoms with Crippen molar-refractivity contribution in [1.29, 1.82) is 0 Å². The summed E-state index contributed by atoms with van der Waals surface area (Å²) in [6.07, 6.45) is 1.76. The smallest absolute Gasteiger partial charge is 0.185 e. The van der Waals surface area contributed by atoms with Gasteiger partial charge in [0.25, 0.3) is 0 Å². The molecule has 2 aliphatic heterocycles. The van der Waals surface area contributed by atoms with E-state index in [-0.39, 0.29) is 11.0 Å². The Bertz CT molecular complexity index is 1220. The molecule has 0 saturated carbocycles. The summed E-state index contributed by atoms with van der Waals surface area (Å²) in [4.78, 5) is 16.9. The maximum Gasteiger partial charge on any atom is 0.185 e. The molecule has 1 aliphatic carbocycles. The van der Waals surface area contributed by atoms with E-state index in [4.69, 9.17) is 14.1 Å². The number of hydrogen-bond acceptors (Lipinski definition) is 4. The summed E-state index contributed by atoms with van der Waals surface area (Å²) < 4.78 is 12.6. The van der Waals surface area contributed by atoms with Crippen LogP contribution in [0.15, 0.2) is 45.6 Å². The second kappa shape index (κ2) is 5.07. The van der Waals surface area contributed by atoms with Gasteiger partial charge in [-0.3, -0.25) is 4.79 Å². The number of benzene rings is 3. The Morgan fingerprint density at radius 3 is 2.69 bits per heavy atom. The quantitative estimate of drug-likeness (QED) is 0.337. The van der Waals surface area contributed by atoms with E-state index in [2.05, 4.69) is 19.9 Å². The molecule has 4 heteroatoms. The van der Waals surface area contributed by atoms with Crippen molar-refractivity contribution in [2.45, 2.75) is 39.2 Å². The zero-order valence-corrected chi connectivity index (χ0v) is 15.1. The number of rotatable bonds is 0. The molecule has 0 atom stereocenters. The summed E-state index contributed by atoms with van der Waals surface area (Å²) in [6, 6.07) is 11.5. The largest absolute Gasteiger partial charge is 0.487 e. The second-order valence-electron chi connectivity index (χ2n) is 7.69. The molecule has 5 rings (SSSR count). The maximum atomic E-state index is 12.0. The van der Waals surface area contributed by atoms with Gasteiger partial charge in [0.2, 0.25) is 0 Å². The van der Waals surface area contributed by atoms with E-state index < -0.39 is 0 Å². The fraction of sp³-hybridized carbons (Fsp3) is 0.273. The highest BCUT2D eigenvalue weighted by molar-refractivity contribution is 6.09. The lowest BCUT2D eigenvalue weighted by Crippen LogP contribution is -2.32. The molecule has 2 aromatic carbocycles. The summed E-state index contributed by atoms with van der Waals surface area (Å²) >= 11 is 0. The van der Waals surface area contributed by atoms with E-state index in [0.717, 1.165) is 46.0 Å². The van der Waals surface area contributed by atoms with Gasteiger partial charge < -0.3 is 9.15 Å². The molecule has 0 aromatic heterocycles. The molecule has 0 spiro atoms. The van der Waals surface area contributed by atoms with Crippen molar-refractivity contribution in [3.05, 3.63) is 57.7 Å². The molecule has 0 N–H and O–H groups in total. The summed E-state index contributed by atoms with van der Waals surface area (Å²) in [5.41, 5.74) is 3.73. The molecule has 0 saturated heterocycles. The molecule has 0 radical (unpaired) electrons. The van der Waals surface area contributed by atoms with Crippen molar-refractivity contribution < 1.29 is 9.15 Å². The summed E-state index contributed by atoms with van der Waals surface area (Å²) in [6.45, 7) is 6.02. The van der Waals surface area contributed by atoms with E-state index in [0.29, 0.717) is 17.0 Å². The standard InChI is InChI=1S/C22H19NO3/c1-12-10-16-18(11-17(12)24)25-21-15-8-9-22(2,3)26-20(15)14-7-5-4-6-13(14)19(21)23-16/h4-7,10-11H,8-9H2,1-3H3. The molecular formula is C22H19NO3. The van der Waals surface area contributed by atoms with Gasteiger partial charge in [0.1, 0.15) is 22.6 Å². The van der Waals surface area contributed by atoms with Crippen LogP contribution >= 0.6 is 0 Å². The van der Waals surface area contributed by atoms with Crippen molar-refractivity contribution in [3.8, 4) is 17.2 Å². The van der Waals surface area contributed by atoms with Crippen LogP contribution in [0.25, 0.3) is 33.3 Å². The normalized spacial score (nSPS) is 16.0. The number of ether oxygens (including phenoxy) is 1. The molecule has 130 valence electrons. The van der Waals surface area contributed by atoms with Crippen LogP contribution in [-0.2, 0) is 6.42 Å². The minimum absolute atomic E-state index is 0.0329. The van der Waals surface area contributed by atoms with Gasteiger partial charge in [-0.25, -0.2) is 4.98 Å². The predicted molar refractivity (Wildman–Crippen MR) is 102 cm³/mol. The fourth-order valence-corrected chi connectivity index (χ4v) is 3.79. The van der Waals surface area contributed by atoms with Crippen LogP contribution in [0, 0.1) is 6.92 Å². The summed E-state index contributed by atoms with van der Waals surface area (Å²) in [5.74, 6) is 1.40. The first-order chi connectivity index (χ1) is 12.4. The summed E-state index contributed by atoms with van der Waals surface area (Å²) in [5, 5.41) is 2.07. The van der Waals surface area contributed by atoms with Crippen LogP contribution in [0.3, 0.4) is 0 Å². The van der Waals surface area contributed by atoms with Crippen molar-refractivity contribution in [1.82, 2.24) is 4.98 Å². The minimum Gasteiger partial charge on any atom is -0.487 e. The monoisotopic (exact) mass is 345 g/mol. The first-order valence-electron chi connectivity index (χ1n) is 8.91. The van der Waals surface area contributed by atoms with Crippen LogP contribution in [0.5, 0.6) is 5.75 Å². The fourth-order valence-electron chi connectivity index (χ4n) is 3.79. The van der Waals surface area contributed by atoms with Crippen molar-refractivity contribution >= 4 is 21.9 Å². The first-order valence-corrected chi connectivity index (χ1v) is 8.91. The van der Waals surface area contributed by atoms with Gasteiger partial charge in [0.05, 0.1) is 0 Å². The van der Waals surface area contributed by atoms with Crippen LogP contribution < -0.4 is 10.2 Å². The van der Waals surface area contributed by atoms with Crippen LogP contribution in [0.1, 0.15) is 31.4 Å². The Labute approximate surface area is 150 Å². The zero-order chi connectivity index (χ0) is 18.1. The number of nitrogens with zero attached hydrogens (tertiary/aromatic N) is 1. The molecule has 0 fully saturated rings. The number of fused-ring (bicyclic) bond motifs is 7. The Balaban J connectivity index is 1.98. The van der Waals surface area contributed by atoms with Gasteiger partial charge in [-0.15, -0.1) is 0 Å². The Hall–Kier alpha value is -2.88. The van der Waals surface area contributed by atoms with Gasteiger partial charge >= 0.3 is 0 Å². The highest BCUT2D eigenvalue weighted by Crippen LogP contribution is 2.44. The molecule has 4 nitrogen and oxygen atoms in total. The van der Waals surface area contributed by atoms with Gasteiger partial charge in [-0.1, -0.05) is 24.3 Å². The lowest BCUT2D eigenvalue weighted by Gasteiger charge is -2.33. The highest BCUT2D eigenvalue weighted by atomic mass is 16.5. The third-order valence-corrected chi connectivity index (χ3v) is 5.25. The molecule has 0 amide bonds. The Morgan fingerprint density at radius 2 is 1.88 bits per heavy atom. The van der Waals surface area contributed by atoms with Crippen LogP contribution in [-0.4, -0.2) is 10.6 Å². The minimum atomic E-state index is -0.215. The molecule has 2 heterocycles. The molecule has 3 aliphatic rings. The number of aromatic nitrogens is 1. The van der Waals surface area contributed by atoms with Crippen molar-refractivity contribution in [3.63, 3.8) is 0 Å². The highest BCUT2D eigenvalue weighted by Gasteiger charge is 2.31. The molecule has 0 bridgehead atoms. The molecule has 26 heavy (non-hydrogen) atoms. The van der Waals surface area contributed by atoms with Gasteiger partial charge in [-0.2, -0.15) is 0 Å². The average molecular weight is 345 g/mol. The zero-order valence-electron chi connectivity index (χ0n) is 15.1. The molecule has 2 aromatic rings. The number of aryl methyl sites for hydroxylation is 2. The van der Waals surface area contributed by atoms with Gasteiger partial charge in [-0.05, 0) is 45.2 Å². The third kappa shape index (κ3) is 2.15. The topological polar surface area (TPSA) is 52.3 Å². The third-order valence-electron chi connectivity index (χ3n) is 5.25. The second-order valence-corrected chi connectivity index (χ2v) is 7.69. The van der Waals surface area contributed by atoms with E-state index in [1.165, 1.54) is 6.07 Å². The predicted octanol–water partition coefficient (Wildman–Crippen LogP) is 4.86. The lowest BCUT2D eigenvalue weighted by atomic mass is 9.91. The number of hydrogen-bond donors (Lipinski definition) is 0. The Kier molecular flexibility index (Phi) is 3.00. The molecular weight excluding hydrogens is 326 g/mol. The Morgan fingerprint density at radius 1 is 1.12 bits per heavy atom. The van der Waals surface area contributed by atoms with E-state index in [1.54, 1.807) is 13.0 Å². The average Bonchev–Trinajstić information content (AvgIpc) is 2.61.